The Labute approximate surface area is 95.2 Å². The van der Waals surface area contributed by atoms with Gasteiger partial charge in [0.1, 0.15) is 5.82 Å². The number of anilines is 2. The summed E-state index contributed by atoms with van der Waals surface area (Å²) in [7, 11) is 0. The first-order valence-electron chi connectivity index (χ1n) is 5.33. The fourth-order valence-electron chi connectivity index (χ4n) is 1.20. The lowest BCUT2D eigenvalue weighted by Crippen LogP contribution is -2.16. The summed E-state index contributed by atoms with van der Waals surface area (Å²) in [5, 5.41) is 3.14. The van der Waals surface area contributed by atoms with E-state index in [-0.39, 0.29) is 0 Å². The van der Waals surface area contributed by atoms with Crippen LogP contribution < -0.4 is 16.8 Å². The molecule has 5 N–H and O–H groups in total. The molecular weight excluding hydrogens is 204 g/mol. The second-order valence-corrected chi connectivity index (χ2v) is 3.92. The molecule has 88 valence electrons. The van der Waals surface area contributed by atoms with Crippen LogP contribution in [0.3, 0.4) is 0 Å². The van der Waals surface area contributed by atoms with Crippen molar-refractivity contribution in [3.05, 3.63) is 17.8 Å². The third-order valence-electron chi connectivity index (χ3n) is 2.53. The summed E-state index contributed by atoms with van der Waals surface area (Å²) < 4.78 is 0. The zero-order valence-electron chi connectivity index (χ0n) is 9.66. The maximum absolute atomic E-state index is 11.1. The Hall–Kier alpha value is -1.78. The van der Waals surface area contributed by atoms with Gasteiger partial charge in [-0.15, -0.1) is 0 Å². The van der Waals surface area contributed by atoms with Gasteiger partial charge >= 0.3 is 0 Å². The highest BCUT2D eigenvalue weighted by Gasteiger charge is 2.08. The molecule has 1 rings (SSSR count). The van der Waals surface area contributed by atoms with E-state index in [1.165, 1.54) is 6.20 Å². The Morgan fingerprint density at radius 3 is 2.88 bits per heavy atom. The van der Waals surface area contributed by atoms with Crippen LogP contribution in [0, 0.1) is 5.92 Å². The van der Waals surface area contributed by atoms with Crippen molar-refractivity contribution in [3.8, 4) is 0 Å². The van der Waals surface area contributed by atoms with Gasteiger partial charge < -0.3 is 16.8 Å². The number of aromatic nitrogens is 1. The summed E-state index contributed by atoms with van der Waals surface area (Å²) in [4.78, 5) is 15.1. The number of amides is 1. The van der Waals surface area contributed by atoms with E-state index in [9.17, 15) is 4.79 Å². The van der Waals surface area contributed by atoms with Crippen LogP contribution in [0.15, 0.2) is 12.3 Å². The van der Waals surface area contributed by atoms with Crippen molar-refractivity contribution in [2.24, 2.45) is 11.7 Å². The van der Waals surface area contributed by atoms with Crippen molar-refractivity contribution < 1.29 is 4.79 Å². The molecule has 0 aliphatic carbocycles. The largest absolute Gasteiger partial charge is 0.397 e. The van der Waals surface area contributed by atoms with Crippen molar-refractivity contribution >= 4 is 17.4 Å². The van der Waals surface area contributed by atoms with Crippen LogP contribution in [-0.4, -0.2) is 17.4 Å². The van der Waals surface area contributed by atoms with Gasteiger partial charge in [-0.3, -0.25) is 4.79 Å². The zero-order valence-corrected chi connectivity index (χ0v) is 9.66. The first-order chi connectivity index (χ1) is 7.54. The average Bonchev–Trinajstić information content (AvgIpc) is 2.27. The molecule has 1 atom stereocenters. The predicted octanol–water partition coefficient (Wildman–Crippen LogP) is 1.22. The number of hydrogen-bond donors (Lipinski definition) is 3. The molecule has 0 aromatic carbocycles. The molecule has 0 bridgehead atoms. The highest BCUT2D eigenvalue weighted by atomic mass is 16.1. The third kappa shape index (κ3) is 3.12. The normalized spacial score (nSPS) is 12.1. The van der Waals surface area contributed by atoms with Gasteiger partial charge in [-0.05, 0) is 12.0 Å². The van der Waals surface area contributed by atoms with Crippen molar-refractivity contribution in [2.75, 3.05) is 17.6 Å². The topological polar surface area (TPSA) is 94.0 Å². The van der Waals surface area contributed by atoms with Crippen LogP contribution in [0.1, 0.15) is 30.6 Å². The average molecular weight is 222 g/mol. The first-order valence-corrected chi connectivity index (χ1v) is 5.33. The molecule has 16 heavy (non-hydrogen) atoms. The number of nitrogens with zero attached hydrogens (tertiary/aromatic N) is 1. The Balaban J connectivity index is 2.75. The van der Waals surface area contributed by atoms with Gasteiger partial charge in [0.25, 0.3) is 5.91 Å². The molecule has 1 aromatic rings. The maximum atomic E-state index is 11.1. The minimum absolute atomic E-state index is 0.307. The van der Waals surface area contributed by atoms with Crippen LogP contribution >= 0.6 is 0 Å². The molecule has 1 unspecified atom stereocenters. The number of nitrogen functional groups attached to an aromatic ring is 1. The zero-order chi connectivity index (χ0) is 12.1. The van der Waals surface area contributed by atoms with E-state index in [2.05, 4.69) is 24.1 Å². The van der Waals surface area contributed by atoms with E-state index in [0.717, 1.165) is 13.0 Å². The number of nitrogens with two attached hydrogens (primary N) is 2. The Kier molecular flexibility index (Phi) is 4.10. The number of pyridine rings is 1. The quantitative estimate of drug-likeness (QED) is 0.698. The molecule has 0 aliphatic rings. The van der Waals surface area contributed by atoms with Crippen LogP contribution in [0.2, 0.25) is 0 Å². The minimum atomic E-state index is -0.536. The molecule has 5 nitrogen and oxygen atoms in total. The van der Waals surface area contributed by atoms with E-state index in [1.807, 2.05) is 0 Å². The summed E-state index contributed by atoms with van der Waals surface area (Å²) >= 11 is 0. The summed E-state index contributed by atoms with van der Waals surface area (Å²) in [6, 6.07) is 1.58. The molecule has 1 heterocycles. The lowest BCUT2D eigenvalue weighted by molar-refractivity contribution is 0.100. The summed E-state index contributed by atoms with van der Waals surface area (Å²) in [6.45, 7) is 5.07. The van der Waals surface area contributed by atoms with Gasteiger partial charge in [0.2, 0.25) is 0 Å². The monoisotopic (exact) mass is 222 g/mol. The highest BCUT2D eigenvalue weighted by molar-refractivity contribution is 5.98. The van der Waals surface area contributed by atoms with Crippen LogP contribution in [0.25, 0.3) is 0 Å². The molecule has 0 spiro atoms. The summed E-state index contributed by atoms with van der Waals surface area (Å²) in [5.41, 5.74) is 11.4. The number of primary amides is 1. The van der Waals surface area contributed by atoms with Gasteiger partial charge in [-0.25, -0.2) is 4.98 Å². The molecule has 1 amide bonds. The Bertz CT molecular complexity index is 378. The summed E-state index contributed by atoms with van der Waals surface area (Å²) in [5.74, 6) is 0.645. The number of carbonyl (C=O) groups excluding carboxylic acids is 1. The molecule has 0 fully saturated rings. The Morgan fingerprint density at radius 1 is 1.62 bits per heavy atom. The van der Waals surface area contributed by atoms with E-state index < -0.39 is 5.91 Å². The van der Waals surface area contributed by atoms with E-state index in [0.29, 0.717) is 23.0 Å². The van der Waals surface area contributed by atoms with Gasteiger partial charge in [-0.1, -0.05) is 20.3 Å². The lowest BCUT2D eigenvalue weighted by atomic mass is 10.1. The summed E-state index contributed by atoms with van der Waals surface area (Å²) in [6.07, 6.45) is 2.53. The Morgan fingerprint density at radius 2 is 2.31 bits per heavy atom. The second kappa shape index (κ2) is 5.34. The first kappa shape index (κ1) is 12.3. The fraction of sp³-hybridized carbons (Fsp3) is 0.455. The van der Waals surface area contributed by atoms with Gasteiger partial charge in [-0.2, -0.15) is 0 Å². The van der Waals surface area contributed by atoms with Crippen molar-refractivity contribution in [2.45, 2.75) is 20.3 Å². The molecular formula is C11H18N4O. The molecule has 0 saturated carbocycles. The predicted molar refractivity (Wildman–Crippen MR) is 65.1 cm³/mol. The van der Waals surface area contributed by atoms with Gasteiger partial charge in [0, 0.05) is 6.54 Å². The standard InChI is InChI=1S/C11H18N4O/c1-3-7(2)5-14-10-4-8(11(13)16)9(12)6-15-10/h4,6-7H,3,5,12H2,1-2H3,(H2,13,16)(H,14,15). The lowest BCUT2D eigenvalue weighted by Gasteiger charge is -2.11. The SMILES string of the molecule is CCC(C)CNc1cc(C(N)=O)c(N)cn1. The smallest absolute Gasteiger partial charge is 0.250 e. The molecule has 0 saturated heterocycles. The van der Waals surface area contributed by atoms with Crippen molar-refractivity contribution in [3.63, 3.8) is 0 Å². The van der Waals surface area contributed by atoms with Crippen LogP contribution in [0.4, 0.5) is 11.5 Å². The van der Waals surface area contributed by atoms with Crippen molar-refractivity contribution in [1.82, 2.24) is 4.98 Å². The van der Waals surface area contributed by atoms with Crippen LogP contribution in [0.5, 0.6) is 0 Å². The van der Waals surface area contributed by atoms with Gasteiger partial charge in [0.05, 0.1) is 17.4 Å². The number of rotatable bonds is 5. The third-order valence-corrected chi connectivity index (χ3v) is 2.53. The van der Waals surface area contributed by atoms with Gasteiger partial charge in [0.15, 0.2) is 0 Å². The second-order valence-electron chi connectivity index (χ2n) is 3.92. The van der Waals surface area contributed by atoms with Crippen LogP contribution in [-0.2, 0) is 0 Å². The van der Waals surface area contributed by atoms with E-state index in [1.54, 1.807) is 6.07 Å². The number of hydrogen-bond acceptors (Lipinski definition) is 4. The van der Waals surface area contributed by atoms with Crippen molar-refractivity contribution in [1.29, 1.82) is 0 Å². The minimum Gasteiger partial charge on any atom is -0.397 e. The maximum Gasteiger partial charge on any atom is 0.250 e. The molecule has 0 aliphatic heterocycles. The van der Waals surface area contributed by atoms with E-state index >= 15 is 0 Å². The highest BCUT2D eigenvalue weighted by Crippen LogP contribution is 2.14. The van der Waals surface area contributed by atoms with E-state index in [4.69, 9.17) is 11.5 Å². The number of nitrogens with one attached hydrogen (secondary N) is 1. The molecule has 1 aromatic heterocycles. The fourth-order valence-corrected chi connectivity index (χ4v) is 1.20. The number of carbonyl (C=O) groups is 1. The molecule has 0 radical (unpaired) electrons. The molecule has 5 heteroatoms.